The zero-order valence-electron chi connectivity index (χ0n) is 14.5. The minimum Gasteiger partial charge on any atom is -0.497 e. The molecule has 0 heterocycles. The quantitative estimate of drug-likeness (QED) is 0.740. The van der Waals surface area contributed by atoms with Gasteiger partial charge in [0.25, 0.3) is 5.91 Å². The lowest BCUT2D eigenvalue weighted by atomic mass is 10.1. The van der Waals surface area contributed by atoms with Crippen LogP contribution in [0, 0.1) is 11.8 Å². The fourth-order valence-corrected chi connectivity index (χ4v) is 2.20. The average Bonchev–Trinajstić information content (AvgIpc) is 2.65. The van der Waals surface area contributed by atoms with Gasteiger partial charge in [-0.2, -0.15) is 0 Å². The molecule has 0 saturated carbocycles. The van der Waals surface area contributed by atoms with E-state index in [1.807, 2.05) is 24.3 Å². The van der Waals surface area contributed by atoms with E-state index >= 15 is 0 Å². The molecule has 0 bridgehead atoms. The molecule has 0 aliphatic heterocycles. The first-order valence-electron chi connectivity index (χ1n) is 7.97. The van der Waals surface area contributed by atoms with Gasteiger partial charge in [-0.3, -0.25) is 9.59 Å². The highest BCUT2D eigenvalue weighted by atomic mass is 16.5. The molecule has 0 radical (unpaired) electrons. The first-order chi connectivity index (χ1) is 12.6. The zero-order valence-corrected chi connectivity index (χ0v) is 14.5. The number of methoxy groups -OCH3 is 1. The molecule has 0 saturated heterocycles. The van der Waals surface area contributed by atoms with E-state index in [1.54, 1.807) is 31.4 Å². The average molecular weight is 352 g/mol. The molecule has 2 amide bonds. The summed E-state index contributed by atoms with van der Waals surface area (Å²) in [6, 6.07) is 14.0. The van der Waals surface area contributed by atoms with E-state index in [4.69, 9.17) is 15.2 Å². The van der Waals surface area contributed by atoms with Gasteiger partial charge in [-0.25, -0.2) is 0 Å². The topological polar surface area (TPSA) is 90.7 Å². The summed E-state index contributed by atoms with van der Waals surface area (Å²) in [6.45, 7) is 0.305. The molecule has 6 nitrogen and oxygen atoms in total. The van der Waals surface area contributed by atoms with Crippen molar-refractivity contribution in [3.63, 3.8) is 0 Å². The van der Waals surface area contributed by atoms with Gasteiger partial charge < -0.3 is 20.5 Å². The summed E-state index contributed by atoms with van der Waals surface area (Å²) >= 11 is 0. The van der Waals surface area contributed by atoms with Crippen molar-refractivity contribution in [1.29, 1.82) is 0 Å². The third kappa shape index (κ3) is 5.87. The summed E-state index contributed by atoms with van der Waals surface area (Å²) in [5.74, 6) is 5.98. The number of primary amides is 1. The Kier molecular flexibility index (Phi) is 7.07. The highest BCUT2D eigenvalue weighted by Crippen LogP contribution is 2.16. The number of hydrogen-bond donors (Lipinski definition) is 2. The molecule has 26 heavy (non-hydrogen) atoms. The third-order valence-electron chi connectivity index (χ3n) is 3.45. The Balaban J connectivity index is 1.75. The Morgan fingerprint density at radius 3 is 2.69 bits per heavy atom. The Morgan fingerprint density at radius 1 is 1.12 bits per heavy atom. The monoisotopic (exact) mass is 352 g/mol. The molecule has 0 aliphatic rings. The molecule has 0 atom stereocenters. The molecule has 2 aromatic carbocycles. The number of amides is 2. The van der Waals surface area contributed by atoms with Gasteiger partial charge in [0.1, 0.15) is 18.1 Å². The molecule has 134 valence electrons. The number of carbonyl (C=O) groups is 2. The van der Waals surface area contributed by atoms with E-state index < -0.39 is 5.91 Å². The number of ether oxygens (including phenoxy) is 2. The highest BCUT2D eigenvalue weighted by molar-refractivity contribution is 5.95. The van der Waals surface area contributed by atoms with Gasteiger partial charge in [0, 0.05) is 0 Å². The Hall–Kier alpha value is -3.46. The van der Waals surface area contributed by atoms with Gasteiger partial charge in [-0.1, -0.05) is 36.1 Å². The molecule has 0 aliphatic carbocycles. The van der Waals surface area contributed by atoms with Gasteiger partial charge in [-0.05, 0) is 29.8 Å². The zero-order chi connectivity index (χ0) is 18.8. The standard InChI is InChI=1S/C20H20N2O4/c1-25-16-8-6-7-15(13-16)14-19(23)22-11-4-5-12-26-18-10-3-2-9-17(18)20(21)24/h2-3,6-10,13H,11-12,14H2,1H3,(H2,21,24)(H,22,23). The second-order valence-electron chi connectivity index (χ2n) is 5.31. The number of nitrogens with two attached hydrogens (primary N) is 1. The van der Waals surface area contributed by atoms with E-state index in [0.29, 0.717) is 17.1 Å². The van der Waals surface area contributed by atoms with Gasteiger partial charge in [-0.15, -0.1) is 0 Å². The third-order valence-corrected chi connectivity index (χ3v) is 3.45. The fourth-order valence-electron chi connectivity index (χ4n) is 2.20. The molecule has 6 heteroatoms. The van der Waals surface area contributed by atoms with Crippen LogP contribution in [0.3, 0.4) is 0 Å². The maximum Gasteiger partial charge on any atom is 0.252 e. The van der Waals surface area contributed by atoms with E-state index in [1.165, 1.54) is 0 Å². The maximum atomic E-state index is 11.9. The van der Waals surface area contributed by atoms with Crippen LogP contribution in [-0.4, -0.2) is 32.1 Å². The first kappa shape index (κ1) is 18.9. The second kappa shape index (κ2) is 9.74. The number of rotatable bonds is 7. The maximum absolute atomic E-state index is 11.9. The van der Waals surface area contributed by atoms with Gasteiger partial charge in [0.05, 0.1) is 25.6 Å². The summed E-state index contributed by atoms with van der Waals surface area (Å²) < 4.78 is 10.6. The molecule has 0 unspecified atom stereocenters. The van der Waals surface area contributed by atoms with Crippen molar-refractivity contribution >= 4 is 11.8 Å². The van der Waals surface area contributed by atoms with E-state index in [0.717, 1.165) is 5.56 Å². The van der Waals surface area contributed by atoms with Crippen molar-refractivity contribution in [2.24, 2.45) is 5.73 Å². The lowest BCUT2D eigenvalue weighted by Crippen LogP contribution is -2.25. The minimum atomic E-state index is -0.557. The van der Waals surface area contributed by atoms with Crippen molar-refractivity contribution in [3.8, 4) is 23.3 Å². The lowest BCUT2D eigenvalue weighted by Gasteiger charge is -2.06. The number of nitrogens with one attached hydrogen (secondary N) is 1. The predicted octanol–water partition coefficient (Wildman–Crippen LogP) is 1.54. The van der Waals surface area contributed by atoms with Crippen LogP contribution in [0.4, 0.5) is 0 Å². The van der Waals surface area contributed by atoms with Crippen molar-refractivity contribution in [3.05, 3.63) is 59.7 Å². The molecule has 0 fully saturated rings. The van der Waals surface area contributed by atoms with Gasteiger partial charge in [0.2, 0.25) is 5.91 Å². The van der Waals surface area contributed by atoms with Crippen LogP contribution in [-0.2, 0) is 11.2 Å². The van der Waals surface area contributed by atoms with Crippen LogP contribution in [0.15, 0.2) is 48.5 Å². The molecule has 0 aromatic heterocycles. The summed E-state index contributed by atoms with van der Waals surface area (Å²) in [6.07, 6.45) is 0.251. The molecular weight excluding hydrogens is 332 g/mol. The highest BCUT2D eigenvalue weighted by Gasteiger charge is 2.07. The largest absolute Gasteiger partial charge is 0.497 e. The normalized spacial score (nSPS) is 9.58. The Bertz CT molecular complexity index is 837. The number of hydrogen-bond acceptors (Lipinski definition) is 4. The van der Waals surface area contributed by atoms with Crippen molar-refractivity contribution in [2.45, 2.75) is 6.42 Å². The van der Waals surface area contributed by atoms with Crippen LogP contribution in [0.1, 0.15) is 15.9 Å². The number of benzene rings is 2. The van der Waals surface area contributed by atoms with Gasteiger partial charge in [0.15, 0.2) is 0 Å². The Labute approximate surface area is 152 Å². The number of para-hydroxylation sites is 1. The van der Waals surface area contributed by atoms with Crippen molar-refractivity contribution in [2.75, 3.05) is 20.3 Å². The minimum absolute atomic E-state index is 0.0933. The van der Waals surface area contributed by atoms with Crippen LogP contribution < -0.4 is 20.5 Å². The van der Waals surface area contributed by atoms with Crippen LogP contribution in [0.25, 0.3) is 0 Å². The first-order valence-corrected chi connectivity index (χ1v) is 7.97. The fraction of sp³-hybridized carbons (Fsp3) is 0.200. The smallest absolute Gasteiger partial charge is 0.252 e. The van der Waals surface area contributed by atoms with Crippen molar-refractivity contribution < 1.29 is 19.1 Å². The second-order valence-corrected chi connectivity index (χ2v) is 5.31. The SMILES string of the molecule is COc1cccc(CC(=O)NCC#CCOc2ccccc2C(N)=O)c1. The van der Waals surface area contributed by atoms with Crippen LogP contribution >= 0.6 is 0 Å². The van der Waals surface area contributed by atoms with E-state index in [-0.39, 0.29) is 25.5 Å². The molecular formula is C20H20N2O4. The molecule has 2 aromatic rings. The summed E-state index contributed by atoms with van der Waals surface area (Å²) in [5.41, 5.74) is 6.44. The van der Waals surface area contributed by atoms with Crippen LogP contribution in [0.5, 0.6) is 11.5 Å². The van der Waals surface area contributed by atoms with Crippen LogP contribution in [0.2, 0.25) is 0 Å². The predicted molar refractivity (Wildman–Crippen MR) is 97.9 cm³/mol. The lowest BCUT2D eigenvalue weighted by molar-refractivity contribution is -0.120. The summed E-state index contributed by atoms with van der Waals surface area (Å²) in [7, 11) is 1.58. The van der Waals surface area contributed by atoms with E-state index in [9.17, 15) is 9.59 Å². The molecule has 2 rings (SSSR count). The molecule has 3 N–H and O–H groups in total. The summed E-state index contributed by atoms with van der Waals surface area (Å²) in [4.78, 5) is 23.2. The van der Waals surface area contributed by atoms with E-state index in [2.05, 4.69) is 17.2 Å². The Morgan fingerprint density at radius 2 is 1.92 bits per heavy atom. The summed E-state index contributed by atoms with van der Waals surface area (Å²) in [5, 5.41) is 2.71. The van der Waals surface area contributed by atoms with Crippen molar-refractivity contribution in [1.82, 2.24) is 5.32 Å². The number of carbonyl (C=O) groups excluding carboxylic acids is 2. The molecule has 0 spiro atoms. The van der Waals surface area contributed by atoms with Gasteiger partial charge >= 0.3 is 0 Å².